The molecule has 5 nitrogen and oxygen atoms in total. The van der Waals surface area contributed by atoms with Crippen molar-refractivity contribution in [1.82, 2.24) is 9.88 Å². The monoisotopic (exact) mass is 420 g/mol. The third-order valence-electron chi connectivity index (χ3n) is 7.44. The molecule has 0 spiro atoms. The second-order valence-electron chi connectivity index (χ2n) is 10.9. The molecule has 2 aromatic rings. The van der Waals surface area contributed by atoms with Gasteiger partial charge in [0.1, 0.15) is 0 Å². The smallest absolute Gasteiger partial charge is 0.339 e. The van der Waals surface area contributed by atoms with E-state index in [9.17, 15) is 9.59 Å². The fourth-order valence-electron chi connectivity index (χ4n) is 6.64. The van der Waals surface area contributed by atoms with Crippen LogP contribution in [0, 0.1) is 10.8 Å². The third-order valence-corrected chi connectivity index (χ3v) is 7.44. The van der Waals surface area contributed by atoms with Crippen LogP contribution in [0.15, 0.2) is 24.3 Å². The molecule has 5 heteroatoms. The van der Waals surface area contributed by atoms with E-state index >= 15 is 0 Å². The van der Waals surface area contributed by atoms with E-state index in [-0.39, 0.29) is 35.4 Å². The molecule has 5 rings (SSSR count). The minimum absolute atomic E-state index is 0.0630. The first-order valence-corrected chi connectivity index (χ1v) is 11.6. The molecule has 164 valence electrons. The van der Waals surface area contributed by atoms with Crippen LogP contribution < -0.4 is 0 Å². The van der Waals surface area contributed by atoms with Gasteiger partial charge in [0.15, 0.2) is 6.61 Å². The van der Waals surface area contributed by atoms with Crippen molar-refractivity contribution in [2.75, 3.05) is 13.2 Å². The fourth-order valence-corrected chi connectivity index (χ4v) is 6.64. The molecule has 0 radical (unpaired) electrons. The molecule has 2 fully saturated rings. The molecule has 2 atom stereocenters. The molecule has 31 heavy (non-hydrogen) atoms. The van der Waals surface area contributed by atoms with Crippen LogP contribution in [-0.2, 0) is 22.4 Å². The first-order chi connectivity index (χ1) is 14.7. The molecule has 1 saturated heterocycles. The van der Waals surface area contributed by atoms with Crippen molar-refractivity contribution in [3.8, 4) is 0 Å². The van der Waals surface area contributed by atoms with Gasteiger partial charge in [-0.05, 0) is 67.4 Å². The Hall–Kier alpha value is -2.43. The van der Waals surface area contributed by atoms with Gasteiger partial charge in [-0.1, -0.05) is 39.0 Å². The van der Waals surface area contributed by atoms with Crippen LogP contribution in [0.25, 0.3) is 10.9 Å². The van der Waals surface area contributed by atoms with E-state index in [2.05, 4.69) is 20.8 Å². The molecule has 1 aromatic heterocycles. The van der Waals surface area contributed by atoms with Crippen molar-refractivity contribution < 1.29 is 14.3 Å². The van der Waals surface area contributed by atoms with Crippen LogP contribution in [0.4, 0.5) is 0 Å². The maximum absolute atomic E-state index is 13.2. The maximum atomic E-state index is 13.2. The Labute approximate surface area is 184 Å². The number of aryl methyl sites for hydroxylation is 1. The summed E-state index contributed by atoms with van der Waals surface area (Å²) in [6.07, 6.45) is 7.09. The Morgan fingerprint density at radius 2 is 1.90 bits per heavy atom. The highest BCUT2D eigenvalue weighted by molar-refractivity contribution is 6.05. The number of carbonyl (C=O) groups excluding carboxylic acids is 2. The number of ether oxygens (including phenoxy) is 1. The first-order valence-electron chi connectivity index (χ1n) is 11.6. The number of carbonyl (C=O) groups is 2. The molecule has 3 aliphatic rings. The van der Waals surface area contributed by atoms with Crippen molar-refractivity contribution in [3.05, 3.63) is 41.1 Å². The molecule has 1 aromatic carbocycles. The van der Waals surface area contributed by atoms with Crippen molar-refractivity contribution in [2.45, 2.75) is 71.8 Å². The predicted octanol–water partition coefficient (Wildman–Crippen LogP) is 4.70. The number of likely N-dealkylation sites (tertiary alicyclic amines) is 1. The third kappa shape index (κ3) is 3.72. The van der Waals surface area contributed by atoms with E-state index in [4.69, 9.17) is 9.72 Å². The summed E-state index contributed by atoms with van der Waals surface area (Å²) in [5.74, 6) is -0.453. The largest absolute Gasteiger partial charge is 0.452 e. The lowest BCUT2D eigenvalue weighted by Crippen LogP contribution is -2.40. The van der Waals surface area contributed by atoms with Crippen molar-refractivity contribution in [2.24, 2.45) is 10.8 Å². The summed E-state index contributed by atoms with van der Waals surface area (Å²) >= 11 is 0. The maximum Gasteiger partial charge on any atom is 0.339 e. The van der Waals surface area contributed by atoms with Gasteiger partial charge in [-0.2, -0.15) is 0 Å². The van der Waals surface area contributed by atoms with Crippen LogP contribution in [-0.4, -0.2) is 41.0 Å². The number of aromatic nitrogens is 1. The molecule has 2 unspecified atom stereocenters. The van der Waals surface area contributed by atoms with Crippen molar-refractivity contribution in [3.63, 3.8) is 0 Å². The number of para-hydroxylation sites is 1. The van der Waals surface area contributed by atoms with E-state index in [1.165, 1.54) is 0 Å². The summed E-state index contributed by atoms with van der Waals surface area (Å²) in [4.78, 5) is 33.1. The van der Waals surface area contributed by atoms with Gasteiger partial charge >= 0.3 is 5.97 Å². The highest BCUT2D eigenvalue weighted by Gasteiger charge is 2.51. The second-order valence-corrected chi connectivity index (χ2v) is 10.9. The number of nitrogens with zero attached hydrogens (tertiary/aromatic N) is 2. The predicted molar refractivity (Wildman–Crippen MR) is 120 cm³/mol. The van der Waals surface area contributed by atoms with Crippen LogP contribution in [0.1, 0.15) is 74.5 Å². The summed E-state index contributed by atoms with van der Waals surface area (Å²) < 4.78 is 5.65. The molecule has 2 bridgehead atoms. The van der Waals surface area contributed by atoms with Gasteiger partial charge in [-0.3, -0.25) is 9.78 Å². The SMILES string of the molecule is CC1(C)CC2CC(C)(CN2C(=O)COC(=O)c2c3c(nc4ccccc24)CCCC3)C1. The van der Waals surface area contributed by atoms with Crippen molar-refractivity contribution in [1.29, 1.82) is 0 Å². The lowest BCUT2D eigenvalue weighted by molar-refractivity contribution is -0.135. The van der Waals surface area contributed by atoms with E-state index in [0.29, 0.717) is 5.56 Å². The Balaban J connectivity index is 1.36. The molecular formula is C26H32N2O3. The van der Waals surface area contributed by atoms with Gasteiger partial charge in [0.2, 0.25) is 0 Å². The summed E-state index contributed by atoms with van der Waals surface area (Å²) in [5, 5.41) is 0.826. The number of pyridine rings is 1. The molecule has 2 aliphatic carbocycles. The first kappa shape index (κ1) is 20.5. The van der Waals surface area contributed by atoms with E-state index in [1.807, 2.05) is 29.2 Å². The molecule has 1 saturated carbocycles. The summed E-state index contributed by atoms with van der Waals surface area (Å²) in [5.41, 5.74) is 3.87. The molecular weight excluding hydrogens is 388 g/mol. The quantitative estimate of drug-likeness (QED) is 0.676. The van der Waals surface area contributed by atoms with Gasteiger partial charge < -0.3 is 9.64 Å². The normalized spacial score (nSPS) is 26.5. The molecule has 0 N–H and O–H groups in total. The highest BCUT2D eigenvalue weighted by Crippen LogP contribution is 2.52. The number of benzene rings is 1. The second kappa shape index (κ2) is 7.32. The number of hydrogen-bond acceptors (Lipinski definition) is 4. The van der Waals surface area contributed by atoms with Crippen molar-refractivity contribution >= 4 is 22.8 Å². The number of fused-ring (bicyclic) bond motifs is 4. The number of amides is 1. The summed E-state index contributed by atoms with van der Waals surface area (Å²) in [7, 11) is 0. The van der Waals surface area contributed by atoms with Crippen LogP contribution in [0.2, 0.25) is 0 Å². The lowest BCUT2D eigenvalue weighted by atomic mass is 9.65. The Kier molecular flexibility index (Phi) is 4.83. The zero-order valence-electron chi connectivity index (χ0n) is 18.9. The van der Waals surface area contributed by atoms with E-state index < -0.39 is 0 Å². The molecule has 1 aliphatic heterocycles. The minimum Gasteiger partial charge on any atom is -0.452 e. The summed E-state index contributed by atoms with van der Waals surface area (Å²) in [6, 6.07) is 8.00. The molecule has 1 amide bonds. The van der Waals surface area contributed by atoms with Gasteiger partial charge in [0, 0.05) is 23.7 Å². The van der Waals surface area contributed by atoms with Gasteiger partial charge in [0.05, 0.1) is 11.1 Å². The van der Waals surface area contributed by atoms with Gasteiger partial charge in [-0.25, -0.2) is 4.79 Å². The number of rotatable bonds is 3. The highest BCUT2D eigenvalue weighted by atomic mass is 16.5. The van der Waals surface area contributed by atoms with E-state index in [1.54, 1.807) is 0 Å². The number of esters is 1. The Morgan fingerprint density at radius 1 is 1.13 bits per heavy atom. The lowest BCUT2D eigenvalue weighted by Gasteiger charge is -2.39. The molecule has 2 heterocycles. The zero-order valence-corrected chi connectivity index (χ0v) is 18.9. The average Bonchev–Trinajstić information content (AvgIpc) is 2.98. The Morgan fingerprint density at radius 3 is 2.74 bits per heavy atom. The summed E-state index contributed by atoms with van der Waals surface area (Å²) in [6.45, 7) is 7.46. The van der Waals surface area contributed by atoms with Gasteiger partial charge in [-0.15, -0.1) is 0 Å². The van der Waals surface area contributed by atoms with E-state index in [0.717, 1.165) is 73.7 Å². The minimum atomic E-state index is -0.390. The fraction of sp³-hybridized carbons (Fsp3) is 0.577. The van der Waals surface area contributed by atoms with Crippen LogP contribution >= 0.6 is 0 Å². The Bertz CT molecular complexity index is 1060. The topological polar surface area (TPSA) is 59.5 Å². The average molecular weight is 421 g/mol. The zero-order chi connectivity index (χ0) is 21.8. The van der Waals surface area contributed by atoms with Crippen LogP contribution in [0.5, 0.6) is 0 Å². The van der Waals surface area contributed by atoms with Crippen LogP contribution in [0.3, 0.4) is 0 Å². The van der Waals surface area contributed by atoms with Gasteiger partial charge in [0.25, 0.3) is 5.91 Å². The number of hydrogen-bond donors (Lipinski definition) is 0. The standard InChI is InChI=1S/C26H32N2O3/c1-25(2)12-17-13-26(3,15-25)16-28(17)22(29)14-31-24(30)23-18-8-4-6-10-20(18)27-21-11-7-5-9-19(21)23/h4,6,8,10,17H,5,7,9,11-16H2,1-3H3.